The van der Waals surface area contributed by atoms with E-state index in [1.807, 2.05) is 6.07 Å². The molecule has 0 radical (unpaired) electrons. The lowest BCUT2D eigenvalue weighted by atomic mass is 10.1. The minimum absolute atomic E-state index is 0.211. The van der Waals surface area contributed by atoms with Gasteiger partial charge < -0.3 is 15.2 Å². The van der Waals surface area contributed by atoms with Gasteiger partial charge >= 0.3 is 0 Å². The monoisotopic (exact) mass is 263 g/mol. The number of hydrogen-bond donors (Lipinski definition) is 1. The fourth-order valence-electron chi connectivity index (χ4n) is 2.36. The number of ether oxygens (including phenoxy) is 2. The predicted octanol–water partition coefficient (Wildman–Crippen LogP) is 3.07. The van der Waals surface area contributed by atoms with Crippen LogP contribution >= 0.6 is 0 Å². The quantitative estimate of drug-likeness (QED) is 0.769. The van der Waals surface area contributed by atoms with E-state index in [0.717, 1.165) is 31.6 Å². The van der Waals surface area contributed by atoms with Crippen molar-refractivity contribution in [3.8, 4) is 5.75 Å². The molecule has 0 aliphatic heterocycles. The first kappa shape index (κ1) is 14.4. The number of nitrogens with two attached hydrogens (primary N) is 1. The van der Waals surface area contributed by atoms with Crippen LogP contribution < -0.4 is 10.5 Å². The van der Waals surface area contributed by atoms with Crippen LogP contribution in [-0.2, 0) is 11.2 Å². The van der Waals surface area contributed by atoms with Gasteiger partial charge in [-0.25, -0.2) is 0 Å². The van der Waals surface area contributed by atoms with Crippen molar-refractivity contribution in [2.75, 3.05) is 19.8 Å². The van der Waals surface area contributed by atoms with Gasteiger partial charge in [0.2, 0.25) is 0 Å². The van der Waals surface area contributed by atoms with Crippen LogP contribution in [0.2, 0.25) is 0 Å². The molecule has 2 rings (SSSR count). The van der Waals surface area contributed by atoms with E-state index in [2.05, 4.69) is 26.0 Å². The topological polar surface area (TPSA) is 44.5 Å². The summed E-state index contributed by atoms with van der Waals surface area (Å²) in [6.07, 6.45) is 3.23. The summed E-state index contributed by atoms with van der Waals surface area (Å²) in [7, 11) is 0. The van der Waals surface area contributed by atoms with Crippen LogP contribution in [0.1, 0.15) is 43.9 Å². The van der Waals surface area contributed by atoms with Crippen LogP contribution in [0.3, 0.4) is 0 Å². The number of fused-ring (bicyclic) bond motifs is 1. The van der Waals surface area contributed by atoms with Crippen molar-refractivity contribution in [3.05, 3.63) is 29.3 Å². The van der Waals surface area contributed by atoms with Gasteiger partial charge in [-0.3, -0.25) is 0 Å². The first-order valence-electron chi connectivity index (χ1n) is 7.25. The highest BCUT2D eigenvalue weighted by molar-refractivity contribution is 5.40. The largest absolute Gasteiger partial charge is 0.491 e. The van der Waals surface area contributed by atoms with Gasteiger partial charge in [-0.1, -0.05) is 19.9 Å². The Bertz CT molecular complexity index is 404. The fraction of sp³-hybridized carbons (Fsp3) is 0.625. The molecule has 0 heterocycles. The highest BCUT2D eigenvalue weighted by atomic mass is 16.5. The molecule has 0 amide bonds. The van der Waals surface area contributed by atoms with E-state index in [4.69, 9.17) is 15.2 Å². The molecule has 19 heavy (non-hydrogen) atoms. The van der Waals surface area contributed by atoms with Crippen molar-refractivity contribution in [1.82, 2.24) is 0 Å². The maximum atomic E-state index is 6.01. The number of hydrogen-bond acceptors (Lipinski definition) is 3. The van der Waals surface area contributed by atoms with Gasteiger partial charge in [0, 0.05) is 12.6 Å². The molecule has 1 aliphatic carbocycles. The second kappa shape index (κ2) is 6.92. The van der Waals surface area contributed by atoms with Crippen LogP contribution in [-0.4, -0.2) is 19.8 Å². The Morgan fingerprint density at radius 2 is 2.11 bits per heavy atom. The molecule has 0 spiro atoms. The van der Waals surface area contributed by atoms with Gasteiger partial charge in [0.05, 0.1) is 6.61 Å². The highest BCUT2D eigenvalue weighted by Crippen LogP contribution is 2.31. The van der Waals surface area contributed by atoms with E-state index in [9.17, 15) is 0 Å². The molecular weight excluding hydrogens is 238 g/mol. The van der Waals surface area contributed by atoms with Crippen LogP contribution in [0.4, 0.5) is 0 Å². The molecule has 0 unspecified atom stereocenters. The van der Waals surface area contributed by atoms with Crippen molar-refractivity contribution >= 4 is 0 Å². The average molecular weight is 263 g/mol. The van der Waals surface area contributed by atoms with E-state index in [0.29, 0.717) is 19.1 Å². The number of rotatable bonds is 7. The average Bonchev–Trinajstić information content (AvgIpc) is 2.75. The summed E-state index contributed by atoms with van der Waals surface area (Å²) in [4.78, 5) is 0. The molecule has 106 valence electrons. The lowest BCUT2D eigenvalue weighted by Gasteiger charge is -2.10. The van der Waals surface area contributed by atoms with Crippen LogP contribution in [0, 0.1) is 5.92 Å². The first-order valence-corrected chi connectivity index (χ1v) is 7.25. The summed E-state index contributed by atoms with van der Waals surface area (Å²) < 4.78 is 11.2. The van der Waals surface area contributed by atoms with Crippen LogP contribution in [0.25, 0.3) is 0 Å². The van der Waals surface area contributed by atoms with Crippen molar-refractivity contribution in [1.29, 1.82) is 0 Å². The molecule has 3 heteroatoms. The Hall–Kier alpha value is -1.06. The molecule has 0 bridgehead atoms. The summed E-state index contributed by atoms with van der Waals surface area (Å²) in [5.41, 5.74) is 8.63. The van der Waals surface area contributed by atoms with Gasteiger partial charge in [0.15, 0.2) is 0 Å². The second-order valence-corrected chi connectivity index (χ2v) is 5.65. The maximum Gasteiger partial charge on any atom is 0.119 e. The third-order valence-corrected chi connectivity index (χ3v) is 3.57. The first-order chi connectivity index (χ1) is 9.16. The Labute approximate surface area is 116 Å². The van der Waals surface area contributed by atoms with Crippen molar-refractivity contribution in [3.63, 3.8) is 0 Å². The summed E-state index contributed by atoms with van der Waals surface area (Å²) in [6, 6.07) is 6.44. The van der Waals surface area contributed by atoms with E-state index >= 15 is 0 Å². The molecule has 0 aromatic heterocycles. The number of benzene rings is 1. The minimum atomic E-state index is 0.211. The van der Waals surface area contributed by atoms with Crippen molar-refractivity contribution < 1.29 is 9.47 Å². The van der Waals surface area contributed by atoms with Gasteiger partial charge in [-0.15, -0.1) is 0 Å². The van der Waals surface area contributed by atoms with Gasteiger partial charge in [0.1, 0.15) is 12.4 Å². The zero-order chi connectivity index (χ0) is 13.7. The van der Waals surface area contributed by atoms with Crippen LogP contribution in [0.15, 0.2) is 18.2 Å². The zero-order valence-corrected chi connectivity index (χ0v) is 12.0. The summed E-state index contributed by atoms with van der Waals surface area (Å²) in [5, 5.41) is 0. The molecule has 1 aromatic rings. The van der Waals surface area contributed by atoms with Gasteiger partial charge in [-0.05, 0) is 48.4 Å². The Morgan fingerprint density at radius 1 is 1.26 bits per heavy atom. The van der Waals surface area contributed by atoms with E-state index in [-0.39, 0.29) is 6.04 Å². The second-order valence-electron chi connectivity index (χ2n) is 5.65. The van der Waals surface area contributed by atoms with E-state index in [1.54, 1.807) is 0 Å². The molecule has 1 aliphatic rings. The molecule has 1 aromatic carbocycles. The Morgan fingerprint density at radius 3 is 2.89 bits per heavy atom. The molecular formula is C16H25NO2. The molecule has 3 nitrogen and oxygen atoms in total. The minimum Gasteiger partial charge on any atom is -0.491 e. The van der Waals surface area contributed by atoms with E-state index in [1.165, 1.54) is 11.1 Å². The smallest absolute Gasteiger partial charge is 0.119 e. The SMILES string of the molecule is CC(C)CCOCCOc1ccc2c(c1)CC[C@@H]2N. The Balaban J connectivity index is 1.69. The standard InChI is InChI=1S/C16H25NO2/c1-12(2)7-8-18-9-10-19-14-4-5-15-13(11-14)3-6-16(15)17/h4-5,11-12,16H,3,6-10,17H2,1-2H3/t16-/m0/s1. The van der Waals surface area contributed by atoms with Gasteiger partial charge in [0.25, 0.3) is 0 Å². The molecule has 0 fully saturated rings. The van der Waals surface area contributed by atoms with E-state index < -0.39 is 0 Å². The molecule has 0 saturated heterocycles. The summed E-state index contributed by atoms with van der Waals surface area (Å²) in [6.45, 7) is 6.50. The molecule has 1 atom stereocenters. The third-order valence-electron chi connectivity index (χ3n) is 3.57. The van der Waals surface area contributed by atoms with Crippen molar-refractivity contribution in [2.24, 2.45) is 11.7 Å². The lowest BCUT2D eigenvalue weighted by Crippen LogP contribution is -2.09. The lowest BCUT2D eigenvalue weighted by molar-refractivity contribution is 0.0925. The summed E-state index contributed by atoms with van der Waals surface area (Å²) in [5.74, 6) is 1.63. The van der Waals surface area contributed by atoms with Crippen LogP contribution in [0.5, 0.6) is 5.75 Å². The Kier molecular flexibility index (Phi) is 5.23. The predicted molar refractivity (Wildman–Crippen MR) is 77.5 cm³/mol. The van der Waals surface area contributed by atoms with Gasteiger partial charge in [-0.2, -0.15) is 0 Å². The fourth-order valence-corrected chi connectivity index (χ4v) is 2.36. The normalized spacial score (nSPS) is 17.8. The third kappa shape index (κ3) is 4.22. The van der Waals surface area contributed by atoms with Crippen molar-refractivity contribution in [2.45, 2.75) is 39.2 Å². The molecule has 0 saturated carbocycles. The summed E-state index contributed by atoms with van der Waals surface area (Å²) >= 11 is 0. The maximum absolute atomic E-state index is 6.01. The molecule has 2 N–H and O–H groups in total. The zero-order valence-electron chi connectivity index (χ0n) is 12.0. The number of aryl methyl sites for hydroxylation is 1. The highest BCUT2D eigenvalue weighted by Gasteiger charge is 2.18.